The molecule has 1 aliphatic carbocycles. The fourth-order valence-electron chi connectivity index (χ4n) is 3.16. The van der Waals surface area contributed by atoms with Crippen molar-refractivity contribution in [2.75, 3.05) is 6.54 Å². The Morgan fingerprint density at radius 1 is 1.15 bits per heavy atom. The Morgan fingerprint density at radius 3 is 2.50 bits per heavy atom. The number of benzene rings is 2. The number of thiazole rings is 1. The maximum atomic E-state index is 13.1. The summed E-state index contributed by atoms with van der Waals surface area (Å²) in [6, 6.07) is 16.5. The minimum atomic E-state index is -0.282. The van der Waals surface area contributed by atoms with E-state index in [1.807, 2.05) is 25.1 Å². The molecule has 0 unspecified atom stereocenters. The third-order valence-corrected chi connectivity index (χ3v) is 6.13. The van der Waals surface area contributed by atoms with Gasteiger partial charge in [0, 0.05) is 17.5 Å². The molecule has 132 valence electrons. The summed E-state index contributed by atoms with van der Waals surface area (Å²) in [6.07, 6.45) is 2.19. The van der Waals surface area contributed by atoms with Crippen LogP contribution in [-0.2, 0) is 5.41 Å². The fraction of sp³-hybridized carbons (Fsp3) is 0.238. The average molecular weight is 366 g/mol. The topological polar surface area (TPSA) is 42.0 Å². The van der Waals surface area contributed by atoms with Crippen LogP contribution in [0.5, 0.6) is 0 Å². The van der Waals surface area contributed by atoms with Gasteiger partial charge in [0.2, 0.25) is 0 Å². The molecule has 0 radical (unpaired) electrons. The maximum absolute atomic E-state index is 13.1. The first-order valence-electron chi connectivity index (χ1n) is 8.64. The number of aromatic nitrogens is 1. The van der Waals surface area contributed by atoms with E-state index < -0.39 is 0 Å². The number of hydrogen-bond acceptors (Lipinski definition) is 3. The molecule has 26 heavy (non-hydrogen) atoms. The van der Waals surface area contributed by atoms with Crippen molar-refractivity contribution in [2.45, 2.75) is 25.2 Å². The predicted molar refractivity (Wildman–Crippen MR) is 102 cm³/mol. The number of aryl methyl sites for hydroxylation is 1. The van der Waals surface area contributed by atoms with Crippen LogP contribution >= 0.6 is 11.3 Å². The van der Waals surface area contributed by atoms with Gasteiger partial charge in [-0.25, -0.2) is 9.37 Å². The third kappa shape index (κ3) is 3.27. The van der Waals surface area contributed by atoms with Crippen molar-refractivity contribution < 1.29 is 9.18 Å². The number of carbonyl (C=O) groups is 1. The molecule has 5 heteroatoms. The Bertz CT molecular complexity index is 930. The summed E-state index contributed by atoms with van der Waals surface area (Å²) < 4.78 is 13.1. The molecule has 1 amide bonds. The van der Waals surface area contributed by atoms with Crippen molar-refractivity contribution in [1.29, 1.82) is 0 Å². The lowest BCUT2D eigenvalue weighted by atomic mass is 9.96. The number of nitrogens with zero attached hydrogens (tertiary/aromatic N) is 1. The van der Waals surface area contributed by atoms with Crippen LogP contribution in [0.4, 0.5) is 4.39 Å². The van der Waals surface area contributed by atoms with Crippen LogP contribution < -0.4 is 5.32 Å². The van der Waals surface area contributed by atoms with Crippen molar-refractivity contribution in [3.05, 3.63) is 76.5 Å². The lowest BCUT2D eigenvalue weighted by Gasteiger charge is -2.16. The van der Waals surface area contributed by atoms with Gasteiger partial charge in [0.15, 0.2) is 0 Å². The molecule has 0 spiro atoms. The zero-order chi connectivity index (χ0) is 18.1. The highest BCUT2D eigenvalue weighted by Crippen LogP contribution is 2.47. The molecule has 0 bridgehead atoms. The van der Waals surface area contributed by atoms with Gasteiger partial charge >= 0.3 is 0 Å². The van der Waals surface area contributed by atoms with Gasteiger partial charge < -0.3 is 5.32 Å². The quantitative estimate of drug-likeness (QED) is 0.710. The zero-order valence-corrected chi connectivity index (χ0v) is 15.3. The first kappa shape index (κ1) is 16.9. The van der Waals surface area contributed by atoms with Gasteiger partial charge in [-0.1, -0.05) is 30.3 Å². The van der Waals surface area contributed by atoms with E-state index >= 15 is 0 Å². The molecule has 0 aliphatic heterocycles. The molecule has 1 aliphatic rings. The smallest absolute Gasteiger partial charge is 0.263 e. The Labute approximate surface area is 155 Å². The highest BCUT2D eigenvalue weighted by molar-refractivity contribution is 7.17. The normalized spacial score (nSPS) is 14.8. The minimum Gasteiger partial charge on any atom is -0.350 e. The lowest BCUT2D eigenvalue weighted by Crippen LogP contribution is -2.32. The molecule has 0 atom stereocenters. The molecule has 3 nitrogen and oxygen atoms in total. The third-order valence-electron chi connectivity index (χ3n) is 4.92. The molecule has 1 fully saturated rings. The number of nitrogens with one attached hydrogen (secondary N) is 1. The molecular formula is C21H19FN2OS. The summed E-state index contributed by atoms with van der Waals surface area (Å²) in [6.45, 7) is 2.47. The second kappa shape index (κ2) is 6.65. The van der Waals surface area contributed by atoms with Crippen molar-refractivity contribution in [2.24, 2.45) is 0 Å². The Morgan fingerprint density at radius 2 is 1.85 bits per heavy atom. The van der Waals surface area contributed by atoms with Crippen LogP contribution in [0.2, 0.25) is 0 Å². The zero-order valence-electron chi connectivity index (χ0n) is 14.5. The number of halogens is 1. The standard InChI is InChI=1S/C21H19FN2OS/c1-14-18(26-20(24-14)15-7-9-17(22)10-8-15)19(25)23-13-21(11-12-21)16-5-3-2-4-6-16/h2-10H,11-13H2,1H3,(H,23,25). The van der Waals surface area contributed by atoms with Gasteiger partial charge in [-0.2, -0.15) is 0 Å². The van der Waals surface area contributed by atoms with Gasteiger partial charge in [0.05, 0.1) is 5.69 Å². The Kier molecular flexibility index (Phi) is 4.32. The van der Waals surface area contributed by atoms with Crippen molar-refractivity contribution in [3.8, 4) is 10.6 Å². The molecule has 3 aromatic rings. The van der Waals surface area contributed by atoms with Gasteiger partial charge in [0.1, 0.15) is 15.7 Å². The summed E-state index contributed by atoms with van der Waals surface area (Å²) in [5.74, 6) is -0.369. The van der Waals surface area contributed by atoms with Gasteiger partial charge in [0.25, 0.3) is 5.91 Å². The van der Waals surface area contributed by atoms with Crippen LogP contribution in [0.3, 0.4) is 0 Å². The SMILES string of the molecule is Cc1nc(-c2ccc(F)cc2)sc1C(=O)NCC1(c2ccccc2)CC1. The highest BCUT2D eigenvalue weighted by Gasteiger charge is 2.44. The summed E-state index contributed by atoms with van der Waals surface area (Å²) in [5, 5.41) is 3.82. The largest absolute Gasteiger partial charge is 0.350 e. The van der Waals surface area contributed by atoms with E-state index in [9.17, 15) is 9.18 Å². The number of amides is 1. The van der Waals surface area contributed by atoms with E-state index in [1.54, 1.807) is 12.1 Å². The average Bonchev–Trinajstić information content (AvgIpc) is 3.36. The van der Waals surface area contributed by atoms with Crippen LogP contribution in [0.15, 0.2) is 54.6 Å². The summed E-state index contributed by atoms with van der Waals surface area (Å²) >= 11 is 1.35. The first-order valence-corrected chi connectivity index (χ1v) is 9.46. The molecule has 1 heterocycles. The molecule has 1 N–H and O–H groups in total. The van der Waals surface area contributed by atoms with E-state index in [0.29, 0.717) is 17.1 Å². The number of hydrogen-bond donors (Lipinski definition) is 1. The number of carbonyl (C=O) groups excluding carboxylic acids is 1. The van der Waals surface area contributed by atoms with Crippen molar-refractivity contribution in [3.63, 3.8) is 0 Å². The van der Waals surface area contributed by atoms with Gasteiger partial charge in [-0.15, -0.1) is 11.3 Å². The van der Waals surface area contributed by atoms with Crippen LogP contribution in [-0.4, -0.2) is 17.4 Å². The molecule has 0 saturated heterocycles. The van der Waals surface area contributed by atoms with Crippen molar-refractivity contribution >= 4 is 17.2 Å². The summed E-state index contributed by atoms with van der Waals surface area (Å²) in [5.41, 5.74) is 2.89. The first-order chi connectivity index (χ1) is 12.6. The fourth-order valence-corrected chi connectivity index (χ4v) is 4.15. The van der Waals surface area contributed by atoms with Crippen LogP contribution in [0.25, 0.3) is 10.6 Å². The lowest BCUT2D eigenvalue weighted by molar-refractivity contribution is 0.0953. The molecule has 2 aromatic carbocycles. The highest BCUT2D eigenvalue weighted by atomic mass is 32.1. The molecule has 1 aromatic heterocycles. The molecule has 4 rings (SSSR count). The van der Waals surface area contributed by atoms with E-state index in [1.165, 1.54) is 29.0 Å². The van der Waals surface area contributed by atoms with E-state index in [-0.39, 0.29) is 17.1 Å². The van der Waals surface area contributed by atoms with E-state index in [2.05, 4.69) is 22.4 Å². The molecular weight excluding hydrogens is 347 g/mol. The van der Waals surface area contributed by atoms with Gasteiger partial charge in [-0.3, -0.25) is 4.79 Å². The summed E-state index contributed by atoms with van der Waals surface area (Å²) in [7, 11) is 0. The van der Waals surface area contributed by atoms with E-state index in [0.717, 1.165) is 23.4 Å². The number of rotatable bonds is 5. The van der Waals surface area contributed by atoms with Crippen LogP contribution in [0.1, 0.15) is 33.8 Å². The predicted octanol–water partition coefficient (Wildman–Crippen LogP) is 4.72. The maximum Gasteiger partial charge on any atom is 0.263 e. The van der Waals surface area contributed by atoms with Crippen LogP contribution in [0, 0.1) is 12.7 Å². The second-order valence-corrected chi connectivity index (χ2v) is 7.77. The van der Waals surface area contributed by atoms with E-state index in [4.69, 9.17) is 0 Å². The van der Waals surface area contributed by atoms with Gasteiger partial charge in [-0.05, 0) is 49.6 Å². The Balaban J connectivity index is 1.48. The van der Waals surface area contributed by atoms with Crippen molar-refractivity contribution in [1.82, 2.24) is 10.3 Å². The summed E-state index contributed by atoms with van der Waals surface area (Å²) in [4.78, 5) is 17.8. The minimum absolute atomic E-state index is 0.0787. The molecule has 1 saturated carbocycles. The Hall–Kier alpha value is -2.53. The monoisotopic (exact) mass is 366 g/mol. The second-order valence-electron chi connectivity index (χ2n) is 6.77.